The fourth-order valence-corrected chi connectivity index (χ4v) is 1.73. The molecule has 0 aromatic carbocycles. The second-order valence-electron chi connectivity index (χ2n) is 4.17. The lowest BCUT2D eigenvalue weighted by Gasteiger charge is -2.23. The number of aliphatic hydroxyl groups excluding tert-OH is 1. The van der Waals surface area contributed by atoms with Crippen LogP contribution in [0.5, 0.6) is 0 Å². The molecule has 0 saturated carbocycles. The molecule has 1 heterocycles. The average molecular weight is 292 g/mol. The van der Waals surface area contributed by atoms with Gasteiger partial charge in [-0.25, -0.2) is 9.97 Å². The SMILES string of the molecule is CCCN(CCO)c1cc(NCC)nc(C(F)(F)F)n1. The van der Waals surface area contributed by atoms with Gasteiger partial charge in [-0.3, -0.25) is 0 Å². The van der Waals surface area contributed by atoms with Gasteiger partial charge in [-0.2, -0.15) is 13.2 Å². The van der Waals surface area contributed by atoms with Crippen LogP contribution in [0.15, 0.2) is 6.07 Å². The van der Waals surface area contributed by atoms with E-state index in [1.807, 2.05) is 6.92 Å². The molecule has 8 heteroatoms. The van der Waals surface area contributed by atoms with Crippen molar-refractivity contribution in [1.82, 2.24) is 9.97 Å². The fourth-order valence-electron chi connectivity index (χ4n) is 1.73. The topological polar surface area (TPSA) is 61.3 Å². The van der Waals surface area contributed by atoms with Crippen molar-refractivity contribution in [2.45, 2.75) is 26.4 Å². The summed E-state index contributed by atoms with van der Waals surface area (Å²) < 4.78 is 38.4. The summed E-state index contributed by atoms with van der Waals surface area (Å²) in [5, 5.41) is 11.8. The lowest BCUT2D eigenvalue weighted by molar-refractivity contribution is -0.144. The zero-order valence-electron chi connectivity index (χ0n) is 11.5. The third-order valence-corrected chi connectivity index (χ3v) is 2.51. The van der Waals surface area contributed by atoms with Crippen molar-refractivity contribution in [3.8, 4) is 0 Å². The Morgan fingerprint density at radius 3 is 2.45 bits per heavy atom. The molecular formula is C12H19F3N4O. The zero-order chi connectivity index (χ0) is 15.2. The molecule has 0 bridgehead atoms. The summed E-state index contributed by atoms with van der Waals surface area (Å²) in [6, 6.07) is 1.46. The van der Waals surface area contributed by atoms with E-state index in [0.717, 1.165) is 6.42 Å². The van der Waals surface area contributed by atoms with Crippen molar-refractivity contribution in [1.29, 1.82) is 0 Å². The number of nitrogens with one attached hydrogen (secondary N) is 1. The molecule has 0 unspecified atom stereocenters. The quantitative estimate of drug-likeness (QED) is 0.806. The highest BCUT2D eigenvalue weighted by Crippen LogP contribution is 2.29. The fraction of sp³-hybridized carbons (Fsp3) is 0.667. The summed E-state index contributed by atoms with van der Waals surface area (Å²) in [6.45, 7) is 4.73. The summed E-state index contributed by atoms with van der Waals surface area (Å²) in [5.41, 5.74) is 0. The number of anilines is 2. The third kappa shape index (κ3) is 4.52. The molecule has 0 amide bonds. The van der Waals surface area contributed by atoms with E-state index in [1.54, 1.807) is 11.8 Å². The Morgan fingerprint density at radius 1 is 1.25 bits per heavy atom. The third-order valence-electron chi connectivity index (χ3n) is 2.51. The van der Waals surface area contributed by atoms with Crippen LogP contribution in [0.3, 0.4) is 0 Å². The monoisotopic (exact) mass is 292 g/mol. The van der Waals surface area contributed by atoms with Gasteiger partial charge in [0, 0.05) is 25.7 Å². The van der Waals surface area contributed by atoms with E-state index < -0.39 is 12.0 Å². The number of aliphatic hydroxyl groups is 1. The first-order chi connectivity index (χ1) is 9.42. The van der Waals surface area contributed by atoms with E-state index >= 15 is 0 Å². The van der Waals surface area contributed by atoms with Crippen molar-refractivity contribution >= 4 is 11.6 Å². The van der Waals surface area contributed by atoms with E-state index in [2.05, 4.69) is 15.3 Å². The van der Waals surface area contributed by atoms with Crippen LogP contribution in [0, 0.1) is 0 Å². The maximum atomic E-state index is 12.8. The van der Waals surface area contributed by atoms with Gasteiger partial charge >= 0.3 is 6.18 Å². The van der Waals surface area contributed by atoms with Crippen LogP contribution in [0.25, 0.3) is 0 Å². The Labute approximate surface area is 115 Å². The minimum atomic E-state index is -4.60. The van der Waals surface area contributed by atoms with Gasteiger partial charge in [0.25, 0.3) is 0 Å². The number of halogens is 3. The Kier molecular flexibility index (Phi) is 6.00. The van der Waals surface area contributed by atoms with Gasteiger partial charge in [-0.1, -0.05) is 6.92 Å². The van der Waals surface area contributed by atoms with E-state index in [-0.39, 0.29) is 24.8 Å². The van der Waals surface area contributed by atoms with Gasteiger partial charge in [-0.05, 0) is 13.3 Å². The number of aromatic nitrogens is 2. The van der Waals surface area contributed by atoms with Gasteiger partial charge in [0.15, 0.2) is 0 Å². The standard InChI is InChI=1S/C12H19F3N4O/c1-3-5-19(6-7-20)10-8-9(16-4-2)17-11(18-10)12(13,14)15/h8,20H,3-7H2,1-2H3,(H,16,17,18). The summed E-state index contributed by atoms with van der Waals surface area (Å²) in [4.78, 5) is 8.63. The largest absolute Gasteiger partial charge is 0.451 e. The zero-order valence-corrected chi connectivity index (χ0v) is 11.5. The Bertz CT molecular complexity index is 420. The Balaban J connectivity index is 3.18. The molecule has 1 rings (SSSR count). The van der Waals surface area contributed by atoms with Crippen LogP contribution in [0.4, 0.5) is 24.8 Å². The van der Waals surface area contributed by atoms with Crippen LogP contribution < -0.4 is 10.2 Å². The highest BCUT2D eigenvalue weighted by molar-refractivity contribution is 5.49. The van der Waals surface area contributed by atoms with Gasteiger partial charge < -0.3 is 15.3 Å². The van der Waals surface area contributed by atoms with Gasteiger partial charge in [0.05, 0.1) is 6.61 Å². The molecular weight excluding hydrogens is 273 g/mol. The summed E-state index contributed by atoms with van der Waals surface area (Å²) in [5.74, 6) is -0.881. The number of nitrogens with zero attached hydrogens (tertiary/aromatic N) is 3. The number of hydrogen-bond donors (Lipinski definition) is 2. The Hall–Kier alpha value is -1.57. The van der Waals surface area contributed by atoms with Crippen LogP contribution in [-0.2, 0) is 6.18 Å². The summed E-state index contributed by atoms with van der Waals surface area (Å²) in [6.07, 6.45) is -3.86. The molecule has 0 aliphatic heterocycles. The van der Waals surface area contributed by atoms with Crippen LogP contribution in [0.2, 0.25) is 0 Å². The Morgan fingerprint density at radius 2 is 1.95 bits per heavy atom. The first kappa shape index (κ1) is 16.5. The molecule has 1 aromatic rings. The highest BCUT2D eigenvalue weighted by Gasteiger charge is 2.35. The predicted molar refractivity (Wildman–Crippen MR) is 70.8 cm³/mol. The van der Waals surface area contributed by atoms with Crippen molar-refractivity contribution in [3.63, 3.8) is 0 Å². The van der Waals surface area contributed by atoms with Gasteiger partial charge in [0.2, 0.25) is 5.82 Å². The van der Waals surface area contributed by atoms with Gasteiger partial charge in [-0.15, -0.1) is 0 Å². The maximum Gasteiger partial charge on any atom is 0.451 e. The first-order valence-electron chi connectivity index (χ1n) is 6.48. The van der Waals surface area contributed by atoms with Crippen molar-refractivity contribution in [2.24, 2.45) is 0 Å². The molecule has 20 heavy (non-hydrogen) atoms. The lowest BCUT2D eigenvalue weighted by atomic mass is 10.3. The number of hydrogen-bond acceptors (Lipinski definition) is 5. The minimum absolute atomic E-state index is 0.129. The number of alkyl halides is 3. The van der Waals surface area contributed by atoms with E-state index in [9.17, 15) is 13.2 Å². The van der Waals surface area contributed by atoms with E-state index in [4.69, 9.17) is 5.11 Å². The highest BCUT2D eigenvalue weighted by atomic mass is 19.4. The molecule has 0 saturated heterocycles. The maximum absolute atomic E-state index is 12.8. The second-order valence-corrected chi connectivity index (χ2v) is 4.17. The number of rotatable bonds is 7. The van der Waals surface area contributed by atoms with Crippen LogP contribution >= 0.6 is 0 Å². The molecule has 1 aromatic heterocycles. The summed E-state index contributed by atoms with van der Waals surface area (Å²) >= 11 is 0. The lowest BCUT2D eigenvalue weighted by Crippen LogP contribution is -2.29. The second kappa shape index (κ2) is 7.28. The van der Waals surface area contributed by atoms with Crippen LogP contribution in [-0.4, -0.2) is 41.3 Å². The van der Waals surface area contributed by atoms with E-state index in [0.29, 0.717) is 13.1 Å². The van der Waals surface area contributed by atoms with E-state index in [1.165, 1.54) is 6.07 Å². The summed E-state index contributed by atoms with van der Waals surface area (Å²) in [7, 11) is 0. The molecule has 0 aliphatic carbocycles. The van der Waals surface area contributed by atoms with Crippen molar-refractivity contribution in [2.75, 3.05) is 36.5 Å². The first-order valence-corrected chi connectivity index (χ1v) is 6.48. The smallest absolute Gasteiger partial charge is 0.395 e. The molecule has 2 N–H and O–H groups in total. The molecule has 0 spiro atoms. The average Bonchev–Trinajstić information content (AvgIpc) is 2.37. The minimum Gasteiger partial charge on any atom is -0.395 e. The molecule has 5 nitrogen and oxygen atoms in total. The van der Waals surface area contributed by atoms with Crippen LogP contribution in [0.1, 0.15) is 26.1 Å². The molecule has 0 atom stereocenters. The van der Waals surface area contributed by atoms with Gasteiger partial charge in [0.1, 0.15) is 11.6 Å². The van der Waals surface area contributed by atoms with Crippen molar-refractivity contribution in [3.05, 3.63) is 11.9 Å². The predicted octanol–water partition coefficient (Wildman–Crippen LogP) is 2.14. The molecule has 0 aliphatic rings. The normalized spacial score (nSPS) is 11.5. The molecule has 114 valence electrons. The molecule has 0 radical (unpaired) electrons. The van der Waals surface area contributed by atoms with Crippen molar-refractivity contribution < 1.29 is 18.3 Å². The molecule has 0 fully saturated rings.